The molecule has 0 bridgehead atoms. The Bertz CT molecular complexity index is 1000. The first-order chi connectivity index (χ1) is 15.1. The van der Waals surface area contributed by atoms with Gasteiger partial charge in [0.15, 0.2) is 0 Å². The van der Waals surface area contributed by atoms with Gasteiger partial charge in [0.1, 0.15) is 5.60 Å². The molecule has 0 unspecified atom stereocenters. The Labute approximate surface area is 188 Å². The molecule has 0 radical (unpaired) electrons. The van der Waals surface area contributed by atoms with Crippen LogP contribution in [0, 0.1) is 0 Å². The minimum absolute atomic E-state index is 0.0887. The third-order valence-electron chi connectivity index (χ3n) is 6.32. The summed E-state index contributed by atoms with van der Waals surface area (Å²) in [6, 6.07) is 8.15. The van der Waals surface area contributed by atoms with Gasteiger partial charge in [0.05, 0.1) is 36.1 Å². The number of hydrogen-bond donors (Lipinski definition) is 1. The van der Waals surface area contributed by atoms with Crippen LogP contribution in [0.3, 0.4) is 0 Å². The molecule has 2 aliphatic rings. The maximum atomic E-state index is 13.5. The summed E-state index contributed by atoms with van der Waals surface area (Å²) in [6.45, 7) is 6.97. The molecular formula is C24H32N4O4. The second-order valence-corrected chi connectivity index (χ2v) is 9.70. The van der Waals surface area contributed by atoms with Crippen LogP contribution in [0.5, 0.6) is 0 Å². The first-order valence-electron chi connectivity index (χ1n) is 11.2. The van der Waals surface area contributed by atoms with E-state index < -0.39 is 5.60 Å². The molecule has 0 saturated heterocycles. The van der Waals surface area contributed by atoms with Crippen molar-refractivity contribution in [2.45, 2.75) is 64.3 Å². The molecule has 1 aliphatic heterocycles. The zero-order chi connectivity index (χ0) is 23.1. The van der Waals surface area contributed by atoms with Crippen LogP contribution in [-0.2, 0) is 29.8 Å². The molecule has 4 rings (SSSR count). The Hall–Kier alpha value is -2.87. The van der Waals surface area contributed by atoms with Gasteiger partial charge in [0.2, 0.25) is 0 Å². The second kappa shape index (κ2) is 8.24. The number of rotatable bonds is 5. The average molecular weight is 441 g/mol. The molecule has 32 heavy (non-hydrogen) atoms. The summed E-state index contributed by atoms with van der Waals surface area (Å²) in [7, 11) is 1.84. The minimum atomic E-state index is -0.571. The number of nitrogens with zero attached hydrogens (tertiary/aromatic N) is 4. The van der Waals surface area contributed by atoms with Crippen LogP contribution in [0.4, 0.5) is 4.79 Å². The Morgan fingerprint density at radius 2 is 1.88 bits per heavy atom. The highest BCUT2D eigenvalue weighted by molar-refractivity contribution is 5.96. The van der Waals surface area contributed by atoms with E-state index in [0.29, 0.717) is 31.6 Å². The van der Waals surface area contributed by atoms with E-state index in [4.69, 9.17) is 9.84 Å². The molecule has 1 fully saturated rings. The quantitative estimate of drug-likeness (QED) is 0.772. The number of benzene rings is 1. The van der Waals surface area contributed by atoms with E-state index in [1.165, 1.54) is 0 Å². The number of aliphatic hydroxyl groups excluding tert-OH is 1. The molecule has 1 aromatic heterocycles. The summed E-state index contributed by atoms with van der Waals surface area (Å²) >= 11 is 0. The third-order valence-corrected chi connectivity index (χ3v) is 6.32. The van der Waals surface area contributed by atoms with Crippen LogP contribution in [0.25, 0.3) is 0 Å². The van der Waals surface area contributed by atoms with Crippen molar-refractivity contribution in [3.63, 3.8) is 0 Å². The Balaban J connectivity index is 1.52. The normalized spacial score (nSPS) is 17.0. The van der Waals surface area contributed by atoms with Crippen molar-refractivity contribution in [2.75, 3.05) is 20.2 Å². The first-order valence-corrected chi connectivity index (χ1v) is 11.2. The predicted molar refractivity (Wildman–Crippen MR) is 119 cm³/mol. The van der Waals surface area contributed by atoms with Crippen molar-refractivity contribution in [1.82, 2.24) is 19.6 Å². The number of fused-ring (bicyclic) bond motifs is 1. The van der Waals surface area contributed by atoms with Crippen LogP contribution in [0.1, 0.15) is 60.8 Å². The number of ether oxygens (including phenoxy) is 1. The first kappa shape index (κ1) is 22.3. The van der Waals surface area contributed by atoms with Gasteiger partial charge in [-0.2, -0.15) is 5.10 Å². The van der Waals surface area contributed by atoms with Gasteiger partial charge in [0.25, 0.3) is 5.91 Å². The summed E-state index contributed by atoms with van der Waals surface area (Å²) in [5.74, 6) is -0.0887. The topological polar surface area (TPSA) is 87.9 Å². The molecule has 2 amide bonds. The Morgan fingerprint density at radius 1 is 1.19 bits per heavy atom. The van der Waals surface area contributed by atoms with Gasteiger partial charge in [-0.05, 0) is 51.2 Å². The van der Waals surface area contributed by atoms with E-state index in [0.717, 1.165) is 29.7 Å². The standard InChI is InChI=1S/C24H32N4O4/c1-23(2,3)32-22(31)27-12-13-28-20(16-27)19(15-25-28)21(30)26(4)24(10-11-24)18-7-5-17(6-8-18)9-14-29/h5-8,15,29H,9-14,16H2,1-4H3. The summed E-state index contributed by atoms with van der Waals surface area (Å²) in [5, 5.41) is 13.5. The van der Waals surface area contributed by atoms with Gasteiger partial charge in [-0.1, -0.05) is 24.3 Å². The molecule has 1 aromatic carbocycles. The maximum Gasteiger partial charge on any atom is 0.410 e. The Kier molecular flexibility index (Phi) is 5.75. The van der Waals surface area contributed by atoms with Gasteiger partial charge in [-0.15, -0.1) is 0 Å². The van der Waals surface area contributed by atoms with Crippen molar-refractivity contribution in [2.24, 2.45) is 0 Å². The highest BCUT2D eigenvalue weighted by Crippen LogP contribution is 2.51. The molecule has 1 saturated carbocycles. The number of hydrogen-bond acceptors (Lipinski definition) is 5. The minimum Gasteiger partial charge on any atom is -0.444 e. The van der Waals surface area contributed by atoms with Crippen molar-refractivity contribution in [1.29, 1.82) is 0 Å². The third kappa shape index (κ3) is 4.24. The largest absolute Gasteiger partial charge is 0.444 e. The smallest absolute Gasteiger partial charge is 0.410 e. The molecule has 2 aromatic rings. The summed E-state index contributed by atoms with van der Waals surface area (Å²) < 4.78 is 7.32. The molecule has 1 N–H and O–H groups in total. The molecule has 0 atom stereocenters. The molecule has 1 aliphatic carbocycles. The fraction of sp³-hybridized carbons (Fsp3) is 0.542. The van der Waals surface area contributed by atoms with Crippen LogP contribution in [0.2, 0.25) is 0 Å². The average Bonchev–Trinajstić information content (AvgIpc) is 3.45. The van der Waals surface area contributed by atoms with Crippen molar-refractivity contribution < 1.29 is 19.4 Å². The summed E-state index contributed by atoms with van der Waals surface area (Å²) in [4.78, 5) is 29.5. The van der Waals surface area contributed by atoms with E-state index in [1.807, 2.05) is 49.5 Å². The van der Waals surface area contributed by atoms with Crippen LogP contribution < -0.4 is 0 Å². The monoisotopic (exact) mass is 440 g/mol. The van der Waals surface area contributed by atoms with Gasteiger partial charge in [-0.3, -0.25) is 9.48 Å². The number of carbonyl (C=O) groups excluding carboxylic acids is 2. The van der Waals surface area contributed by atoms with E-state index in [2.05, 4.69) is 17.2 Å². The van der Waals surface area contributed by atoms with Crippen LogP contribution in [0.15, 0.2) is 30.5 Å². The molecule has 8 nitrogen and oxygen atoms in total. The van der Waals surface area contributed by atoms with Crippen LogP contribution >= 0.6 is 0 Å². The molecule has 8 heteroatoms. The van der Waals surface area contributed by atoms with Gasteiger partial charge in [0, 0.05) is 20.2 Å². The highest BCUT2D eigenvalue weighted by atomic mass is 16.6. The molecule has 2 heterocycles. The Morgan fingerprint density at radius 3 is 2.47 bits per heavy atom. The summed E-state index contributed by atoms with van der Waals surface area (Å²) in [5.41, 5.74) is 2.57. The van der Waals surface area contributed by atoms with Crippen molar-refractivity contribution in [3.05, 3.63) is 52.8 Å². The lowest BCUT2D eigenvalue weighted by molar-refractivity contribution is 0.0192. The molecule has 0 spiro atoms. The predicted octanol–water partition coefficient (Wildman–Crippen LogP) is 2.93. The molecular weight excluding hydrogens is 408 g/mol. The zero-order valence-electron chi connectivity index (χ0n) is 19.3. The maximum absolute atomic E-state index is 13.5. The van der Waals surface area contributed by atoms with E-state index in [9.17, 15) is 9.59 Å². The lowest BCUT2D eigenvalue weighted by Gasteiger charge is -2.32. The van der Waals surface area contributed by atoms with Gasteiger partial charge < -0.3 is 19.6 Å². The summed E-state index contributed by atoms with van der Waals surface area (Å²) in [6.07, 6.45) is 3.68. The molecule has 172 valence electrons. The zero-order valence-corrected chi connectivity index (χ0v) is 19.3. The van der Waals surface area contributed by atoms with Crippen LogP contribution in [-0.4, -0.2) is 62.5 Å². The fourth-order valence-corrected chi connectivity index (χ4v) is 4.33. The van der Waals surface area contributed by atoms with E-state index in [1.54, 1.807) is 11.1 Å². The lowest BCUT2D eigenvalue weighted by atomic mass is 10.00. The number of carbonyl (C=O) groups is 2. The second-order valence-electron chi connectivity index (χ2n) is 9.70. The van der Waals surface area contributed by atoms with Crippen molar-refractivity contribution in [3.8, 4) is 0 Å². The number of aliphatic hydroxyl groups is 1. The lowest BCUT2D eigenvalue weighted by Crippen LogP contribution is -2.43. The fourth-order valence-electron chi connectivity index (χ4n) is 4.33. The number of aromatic nitrogens is 2. The van der Waals surface area contributed by atoms with Gasteiger partial charge >= 0.3 is 6.09 Å². The number of amides is 2. The highest BCUT2D eigenvalue weighted by Gasteiger charge is 2.50. The van der Waals surface area contributed by atoms with Gasteiger partial charge in [-0.25, -0.2) is 4.79 Å². The van der Waals surface area contributed by atoms with E-state index >= 15 is 0 Å². The van der Waals surface area contributed by atoms with E-state index in [-0.39, 0.29) is 24.1 Å². The SMILES string of the molecule is CN(C(=O)c1cnn2c1CN(C(=O)OC(C)(C)C)CC2)C1(c2ccc(CCO)cc2)CC1. The van der Waals surface area contributed by atoms with Crippen molar-refractivity contribution >= 4 is 12.0 Å².